The van der Waals surface area contributed by atoms with E-state index in [4.69, 9.17) is 14.2 Å². The summed E-state index contributed by atoms with van der Waals surface area (Å²) in [4.78, 5) is 22.7. The minimum atomic E-state index is -1.58. The van der Waals surface area contributed by atoms with E-state index >= 15 is 0 Å². The maximum absolute atomic E-state index is 11.6. The molecule has 0 aliphatic heterocycles. The Kier molecular flexibility index (Phi) is 5.99. The van der Waals surface area contributed by atoms with E-state index in [0.717, 1.165) is 0 Å². The normalized spacial score (nSPS) is 13.2. The van der Waals surface area contributed by atoms with E-state index in [0.29, 0.717) is 11.3 Å². The molecular weight excluding hydrogens is 264 g/mol. The fourth-order valence-electron chi connectivity index (χ4n) is 1.64. The maximum Gasteiger partial charge on any atom is 0.339 e. The number of esters is 2. The zero-order valence-corrected chi connectivity index (χ0v) is 11.7. The molecule has 2 atom stereocenters. The van der Waals surface area contributed by atoms with Gasteiger partial charge in [0.15, 0.2) is 12.2 Å². The molecule has 0 aliphatic carbocycles. The predicted octanol–water partition coefficient (Wildman–Crippen LogP) is 1.22. The maximum atomic E-state index is 11.6. The van der Waals surface area contributed by atoms with E-state index in [9.17, 15) is 14.7 Å². The first-order chi connectivity index (χ1) is 9.49. The van der Waals surface area contributed by atoms with Crippen LogP contribution in [0.15, 0.2) is 24.3 Å². The number of methoxy groups -OCH3 is 1. The first kappa shape index (κ1) is 16.0. The number of hydrogen-bond acceptors (Lipinski definition) is 6. The molecule has 6 nitrogen and oxygen atoms in total. The average molecular weight is 282 g/mol. The summed E-state index contributed by atoms with van der Waals surface area (Å²) >= 11 is 0. The van der Waals surface area contributed by atoms with Crippen molar-refractivity contribution in [3.05, 3.63) is 29.8 Å². The second-order valence-electron chi connectivity index (χ2n) is 4.00. The summed E-state index contributed by atoms with van der Waals surface area (Å²) in [5.74, 6) is -0.829. The summed E-state index contributed by atoms with van der Waals surface area (Å²) in [6.45, 7) is 2.96. The number of aliphatic hydroxyl groups excluding tert-OH is 1. The third-order valence-corrected chi connectivity index (χ3v) is 2.55. The zero-order valence-electron chi connectivity index (χ0n) is 11.7. The summed E-state index contributed by atoms with van der Waals surface area (Å²) in [5.41, 5.74) is 0.474. The van der Waals surface area contributed by atoms with Crippen molar-refractivity contribution < 1.29 is 28.9 Å². The second kappa shape index (κ2) is 7.49. The highest BCUT2D eigenvalue weighted by atomic mass is 16.6. The molecule has 20 heavy (non-hydrogen) atoms. The Morgan fingerprint density at radius 1 is 1.25 bits per heavy atom. The first-order valence-corrected chi connectivity index (χ1v) is 6.15. The van der Waals surface area contributed by atoms with Crippen molar-refractivity contribution in [2.24, 2.45) is 0 Å². The van der Waals surface area contributed by atoms with Crippen molar-refractivity contribution in [2.45, 2.75) is 26.1 Å². The van der Waals surface area contributed by atoms with Crippen molar-refractivity contribution in [1.29, 1.82) is 0 Å². The van der Waals surface area contributed by atoms with Gasteiger partial charge in [0.25, 0.3) is 0 Å². The molecule has 0 unspecified atom stereocenters. The molecule has 0 bridgehead atoms. The Labute approximate surface area is 117 Å². The molecule has 0 aromatic heterocycles. The second-order valence-corrected chi connectivity index (χ2v) is 4.00. The van der Waals surface area contributed by atoms with Gasteiger partial charge in [-0.15, -0.1) is 0 Å². The van der Waals surface area contributed by atoms with Crippen LogP contribution in [0.5, 0.6) is 5.75 Å². The molecule has 0 fully saturated rings. The predicted molar refractivity (Wildman–Crippen MR) is 70.1 cm³/mol. The topological polar surface area (TPSA) is 82.1 Å². The van der Waals surface area contributed by atoms with Gasteiger partial charge in [0.1, 0.15) is 5.75 Å². The molecule has 6 heteroatoms. The van der Waals surface area contributed by atoms with Gasteiger partial charge in [0.05, 0.1) is 13.7 Å². The standard InChI is InChI=1S/C14H18O6/c1-4-19-14(17)12(16)13(20-9(2)15)10-5-7-11(18-3)8-6-10/h5-8,12-13,16H,4H2,1-3H3/t12-,13+/m0/s1. The molecule has 110 valence electrons. The largest absolute Gasteiger partial charge is 0.497 e. The Hall–Kier alpha value is -2.08. The van der Waals surface area contributed by atoms with Crippen molar-refractivity contribution in [1.82, 2.24) is 0 Å². The average Bonchev–Trinajstić information content (AvgIpc) is 2.44. The molecule has 1 N–H and O–H groups in total. The van der Waals surface area contributed by atoms with Crippen LogP contribution in [-0.4, -0.2) is 36.9 Å². The molecular formula is C14H18O6. The van der Waals surface area contributed by atoms with Gasteiger partial charge in [-0.1, -0.05) is 12.1 Å². The highest BCUT2D eigenvalue weighted by Crippen LogP contribution is 2.24. The molecule has 0 saturated carbocycles. The Morgan fingerprint density at radius 2 is 1.85 bits per heavy atom. The van der Waals surface area contributed by atoms with E-state index in [1.807, 2.05) is 0 Å². The first-order valence-electron chi connectivity index (χ1n) is 6.15. The van der Waals surface area contributed by atoms with Crippen LogP contribution in [0.3, 0.4) is 0 Å². The number of aliphatic hydroxyl groups is 1. The smallest absolute Gasteiger partial charge is 0.339 e. The number of hydrogen-bond donors (Lipinski definition) is 1. The van der Waals surface area contributed by atoms with E-state index in [2.05, 4.69) is 0 Å². The number of ether oxygens (including phenoxy) is 3. The van der Waals surface area contributed by atoms with Crippen molar-refractivity contribution in [3.63, 3.8) is 0 Å². The quantitative estimate of drug-likeness (QED) is 0.790. The minimum absolute atomic E-state index is 0.130. The molecule has 0 aliphatic rings. The monoisotopic (exact) mass is 282 g/mol. The van der Waals surface area contributed by atoms with Crippen LogP contribution in [0.25, 0.3) is 0 Å². The Morgan fingerprint density at radius 3 is 2.30 bits per heavy atom. The lowest BCUT2D eigenvalue weighted by Crippen LogP contribution is -2.32. The third-order valence-electron chi connectivity index (χ3n) is 2.55. The van der Waals surface area contributed by atoms with Crippen LogP contribution in [-0.2, 0) is 19.1 Å². The summed E-state index contributed by atoms with van der Waals surface area (Å²) in [6.07, 6.45) is -2.69. The summed E-state index contributed by atoms with van der Waals surface area (Å²) in [5, 5.41) is 9.95. The van der Waals surface area contributed by atoms with Crippen LogP contribution in [0.2, 0.25) is 0 Å². The summed E-state index contributed by atoms with van der Waals surface area (Å²) < 4.78 is 14.8. The molecule has 0 saturated heterocycles. The van der Waals surface area contributed by atoms with Crippen molar-refractivity contribution >= 4 is 11.9 Å². The SMILES string of the molecule is CCOC(=O)[C@@H](O)[C@H](OC(C)=O)c1ccc(OC)cc1. The Balaban J connectivity index is 2.97. The molecule has 0 spiro atoms. The molecule has 1 rings (SSSR count). The van der Waals surface area contributed by atoms with E-state index < -0.39 is 24.1 Å². The molecule has 0 amide bonds. The van der Waals surface area contributed by atoms with Crippen LogP contribution in [0.4, 0.5) is 0 Å². The lowest BCUT2D eigenvalue weighted by Gasteiger charge is -2.21. The van der Waals surface area contributed by atoms with Crippen molar-refractivity contribution in [2.75, 3.05) is 13.7 Å². The minimum Gasteiger partial charge on any atom is -0.497 e. The fourth-order valence-corrected chi connectivity index (χ4v) is 1.64. The van der Waals surface area contributed by atoms with Gasteiger partial charge in [0, 0.05) is 6.92 Å². The number of rotatable bonds is 6. The number of carbonyl (C=O) groups excluding carboxylic acids is 2. The summed E-state index contributed by atoms with van der Waals surface area (Å²) in [7, 11) is 1.52. The van der Waals surface area contributed by atoms with Crippen LogP contribution >= 0.6 is 0 Å². The summed E-state index contributed by atoms with van der Waals surface area (Å²) in [6, 6.07) is 6.50. The van der Waals surface area contributed by atoms with E-state index in [1.165, 1.54) is 14.0 Å². The Bertz CT molecular complexity index is 453. The van der Waals surface area contributed by atoms with Gasteiger partial charge >= 0.3 is 11.9 Å². The molecule has 0 heterocycles. The van der Waals surface area contributed by atoms with Gasteiger partial charge in [-0.3, -0.25) is 4.79 Å². The van der Waals surface area contributed by atoms with Gasteiger partial charge in [-0.25, -0.2) is 4.79 Å². The molecule has 1 aromatic carbocycles. The van der Waals surface area contributed by atoms with Crippen LogP contribution < -0.4 is 4.74 Å². The van der Waals surface area contributed by atoms with Gasteiger partial charge in [0.2, 0.25) is 0 Å². The van der Waals surface area contributed by atoms with Gasteiger partial charge in [-0.05, 0) is 24.6 Å². The van der Waals surface area contributed by atoms with E-state index in [-0.39, 0.29) is 6.61 Å². The van der Waals surface area contributed by atoms with Gasteiger partial charge < -0.3 is 19.3 Å². The highest BCUT2D eigenvalue weighted by Gasteiger charge is 2.31. The molecule has 1 aromatic rings. The highest BCUT2D eigenvalue weighted by molar-refractivity contribution is 5.76. The third kappa shape index (κ3) is 4.24. The van der Waals surface area contributed by atoms with Crippen molar-refractivity contribution in [3.8, 4) is 5.75 Å². The van der Waals surface area contributed by atoms with E-state index in [1.54, 1.807) is 31.2 Å². The lowest BCUT2D eigenvalue weighted by molar-refractivity contribution is -0.168. The zero-order chi connectivity index (χ0) is 15.1. The van der Waals surface area contributed by atoms with Gasteiger partial charge in [-0.2, -0.15) is 0 Å². The number of benzene rings is 1. The number of carbonyl (C=O) groups is 2. The van der Waals surface area contributed by atoms with Crippen LogP contribution in [0.1, 0.15) is 25.5 Å². The molecule has 0 radical (unpaired) electrons. The fraction of sp³-hybridized carbons (Fsp3) is 0.429. The lowest BCUT2D eigenvalue weighted by atomic mass is 10.0. The van der Waals surface area contributed by atoms with Crippen LogP contribution in [0, 0.1) is 0 Å².